The zero-order chi connectivity index (χ0) is 13.0. The number of nitrogens with zero attached hydrogens (tertiary/aromatic N) is 3. The Bertz CT molecular complexity index is 580. The van der Waals surface area contributed by atoms with E-state index in [2.05, 4.69) is 19.7 Å². The van der Waals surface area contributed by atoms with E-state index in [9.17, 15) is 4.79 Å². The summed E-state index contributed by atoms with van der Waals surface area (Å²) in [6.07, 6.45) is 4.50. The number of rotatable bonds is 3. The van der Waals surface area contributed by atoms with Crippen molar-refractivity contribution < 1.29 is 9.53 Å². The van der Waals surface area contributed by atoms with Gasteiger partial charge in [-0.05, 0) is 23.9 Å². The fourth-order valence-electron chi connectivity index (χ4n) is 1.15. The molecule has 0 aromatic carbocycles. The topological polar surface area (TPSA) is 65.0 Å². The lowest BCUT2D eigenvalue weighted by atomic mass is 10.5. The quantitative estimate of drug-likeness (QED) is 0.805. The average molecular weight is 282 g/mol. The van der Waals surface area contributed by atoms with Gasteiger partial charge < -0.3 is 4.74 Å². The first-order valence-corrected chi connectivity index (χ1v) is 6.09. The van der Waals surface area contributed by atoms with Gasteiger partial charge >= 0.3 is 5.97 Å². The fourth-order valence-corrected chi connectivity index (χ4v) is 2.12. The minimum absolute atomic E-state index is 0.148. The zero-order valence-electron chi connectivity index (χ0n) is 9.33. The number of esters is 1. The highest BCUT2D eigenvalue weighted by atomic mass is 35.5. The molecular weight excluding hydrogens is 274 g/mol. The summed E-state index contributed by atoms with van der Waals surface area (Å²) in [5.41, 5.74) is 0.148. The summed E-state index contributed by atoms with van der Waals surface area (Å²) < 4.78 is 4.57. The molecule has 2 heterocycles. The van der Waals surface area contributed by atoms with Crippen LogP contribution in [0.3, 0.4) is 0 Å². The maximum atomic E-state index is 11.3. The molecular formula is C11H8ClN3O2S. The van der Waals surface area contributed by atoms with E-state index in [0.717, 1.165) is 0 Å². The molecule has 0 amide bonds. The molecule has 0 N–H and O–H groups in total. The predicted octanol–water partition coefficient (Wildman–Crippen LogP) is 2.46. The SMILES string of the molecule is COC(=O)c1cncc(Sc2ncccc2Cl)n1. The maximum Gasteiger partial charge on any atom is 0.358 e. The molecule has 0 fully saturated rings. The normalized spacial score (nSPS) is 10.1. The Kier molecular flexibility index (Phi) is 4.11. The number of carbonyl (C=O) groups is 1. The minimum Gasteiger partial charge on any atom is -0.464 e. The lowest BCUT2D eigenvalue weighted by Crippen LogP contribution is -2.05. The van der Waals surface area contributed by atoms with Crippen LogP contribution in [0, 0.1) is 0 Å². The lowest BCUT2D eigenvalue weighted by Gasteiger charge is -2.03. The molecule has 0 saturated heterocycles. The Morgan fingerprint density at radius 3 is 3.00 bits per heavy atom. The van der Waals surface area contributed by atoms with Crippen molar-refractivity contribution in [2.75, 3.05) is 7.11 Å². The van der Waals surface area contributed by atoms with Crippen molar-refractivity contribution in [3.05, 3.63) is 41.4 Å². The second-order valence-corrected chi connectivity index (χ2v) is 4.54. The van der Waals surface area contributed by atoms with Crippen molar-refractivity contribution in [2.45, 2.75) is 10.1 Å². The second-order valence-electron chi connectivity index (χ2n) is 3.13. The Morgan fingerprint density at radius 2 is 2.28 bits per heavy atom. The molecule has 0 bridgehead atoms. The van der Waals surface area contributed by atoms with Gasteiger partial charge in [0, 0.05) is 6.20 Å². The minimum atomic E-state index is -0.530. The van der Waals surface area contributed by atoms with Crippen LogP contribution in [-0.2, 0) is 4.74 Å². The molecule has 0 aliphatic heterocycles. The Hall–Kier alpha value is -1.66. The molecule has 92 valence electrons. The van der Waals surface area contributed by atoms with Gasteiger partial charge in [0.1, 0.15) is 10.1 Å². The van der Waals surface area contributed by atoms with Gasteiger partial charge in [0.2, 0.25) is 0 Å². The highest BCUT2D eigenvalue weighted by Gasteiger charge is 2.10. The summed E-state index contributed by atoms with van der Waals surface area (Å²) in [7, 11) is 1.29. The van der Waals surface area contributed by atoms with Crippen molar-refractivity contribution in [2.24, 2.45) is 0 Å². The first kappa shape index (κ1) is 12.8. The van der Waals surface area contributed by atoms with E-state index >= 15 is 0 Å². The van der Waals surface area contributed by atoms with E-state index in [1.165, 1.54) is 31.3 Å². The molecule has 0 radical (unpaired) electrons. The smallest absolute Gasteiger partial charge is 0.358 e. The first-order chi connectivity index (χ1) is 8.70. The summed E-state index contributed by atoms with van der Waals surface area (Å²) in [4.78, 5) is 23.5. The molecule has 5 nitrogen and oxygen atoms in total. The molecule has 0 unspecified atom stereocenters. The number of aromatic nitrogens is 3. The molecule has 2 aromatic heterocycles. The number of carbonyl (C=O) groups excluding carboxylic acids is 1. The van der Waals surface area contributed by atoms with Crippen LogP contribution in [0.15, 0.2) is 40.8 Å². The van der Waals surface area contributed by atoms with E-state index < -0.39 is 5.97 Å². The highest BCUT2D eigenvalue weighted by Crippen LogP contribution is 2.29. The molecule has 0 spiro atoms. The molecule has 18 heavy (non-hydrogen) atoms. The van der Waals surface area contributed by atoms with Crippen LogP contribution in [0.4, 0.5) is 0 Å². The van der Waals surface area contributed by atoms with Crippen LogP contribution in [-0.4, -0.2) is 28.0 Å². The van der Waals surface area contributed by atoms with Crippen molar-refractivity contribution in [3.63, 3.8) is 0 Å². The largest absolute Gasteiger partial charge is 0.464 e. The van der Waals surface area contributed by atoms with Gasteiger partial charge in [-0.25, -0.2) is 14.8 Å². The Labute approximate surface area is 113 Å². The van der Waals surface area contributed by atoms with Gasteiger partial charge in [0.25, 0.3) is 0 Å². The van der Waals surface area contributed by atoms with Gasteiger partial charge in [0.15, 0.2) is 5.69 Å². The van der Waals surface area contributed by atoms with Gasteiger partial charge in [-0.2, -0.15) is 0 Å². The van der Waals surface area contributed by atoms with Gasteiger partial charge in [-0.1, -0.05) is 11.6 Å². The molecule has 0 atom stereocenters. The van der Waals surface area contributed by atoms with E-state index in [0.29, 0.717) is 15.1 Å². The van der Waals surface area contributed by atoms with Crippen LogP contribution >= 0.6 is 23.4 Å². The lowest BCUT2D eigenvalue weighted by molar-refractivity contribution is 0.0592. The maximum absolute atomic E-state index is 11.3. The monoisotopic (exact) mass is 281 g/mol. The first-order valence-electron chi connectivity index (χ1n) is 4.89. The van der Waals surface area contributed by atoms with Crippen LogP contribution in [0.5, 0.6) is 0 Å². The predicted molar refractivity (Wildman–Crippen MR) is 66.7 cm³/mol. The molecule has 2 aromatic rings. The molecule has 0 saturated carbocycles. The van der Waals surface area contributed by atoms with E-state index in [4.69, 9.17) is 11.6 Å². The fraction of sp³-hybridized carbons (Fsp3) is 0.0909. The number of hydrogen-bond acceptors (Lipinski definition) is 6. The van der Waals surface area contributed by atoms with Crippen LogP contribution in [0.1, 0.15) is 10.5 Å². The summed E-state index contributed by atoms with van der Waals surface area (Å²) >= 11 is 7.21. The summed E-state index contributed by atoms with van der Waals surface area (Å²) in [5, 5.41) is 1.65. The van der Waals surface area contributed by atoms with E-state index in [1.54, 1.807) is 18.3 Å². The summed E-state index contributed by atoms with van der Waals surface area (Å²) in [6, 6.07) is 3.47. The number of pyridine rings is 1. The third kappa shape index (κ3) is 2.96. The Morgan fingerprint density at radius 1 is 1.44 bits per heavy atom. The highest BCUT2D eigenvalue weighted by molar-refractivity contribution is 7.99. The van der Waals surface area contributed by atoms with Crippen molar-refractivity contribution in [1.29, 1.82) is 0 Å². The molecule has 7 heteroatoms. The summed E-state index contributed by atoms with van der Waals surface area (Å²) in [6.45, 7) is 0. The van der Waals surface area contributed by atoms with Crippen molar-refractivity contribution in [3.8, 4) is 0 Å². The van der Waals surface area contributed by atoms with Crippen LogP contribution < -0.4 is 0 Å². The standard InChI is InChI=1S/C11H8ClN3O2S/c1-17-11(16)8-5-13-6-9(15-8)18-10-7(12)3-2-4-14-10/h2-6H,1H3. The third-order valence-corrected chi connectivity index (χ3v) is 3.27. The molecule has 0 aliphatic rings. The summed E-state index contributed by atoms with van der Waals surface area (Å²) in [5.74, 6) is -0.530. The Balaban J connectivity index is 2.25. The number of ether oxygens (including phenoxy) is 1. The second kappa shape index (κ2) is 5.79. The van der Waals surface area contributed by atoms with Gasteiger partial charge in [0.05, 0.1) is 24.5 Å². The molecule has 2 rings (SSSR count). The third-order valence-electron chi connectivity index (χ3n) is 1.93. The van der Waals surface area contributed by atoms with E-state index in [1.807, 2.05) is 0 Å². The van der Waals surface area contributed by atoms with Crippen molar-refractivity contribution in [1.82, 2.24) is 15.0 Å². The van der Waals surface area contributed by atoms with Gasteiger partial charge in [-0.15, -0.1) is 0 Å². The number of halogens is 1. The van der Waals surface area contributed by atoms with Gasteiger partial charge in [-0.3, -0.25) is 4.98 Å². The average Bonchev–Trinajstić information content (AvgIpc) is 2.41. The zero-order valence-corrected chi connectivity index (χ0v) is 10.9. The number of methoxy groups -OCH3 is 1. The molecule has 0 aliphatic carbocycles. The number of hydrogen-bond donors (Lipinski definition) is 0. The van der Waals surface area contributed by atoms with Crippen LogP contribution in [0.2, 0.25) is 5.02 Å². The van der Waals surface area contributed by atoms with Crippen molar-refractivity contribution >= 4 is 29.3 Å². The van der Waals surface area contributed by atoms with Crippen LogP contribution in [0.25, 0.3) is 0 Å². The van der Waals surface area contributed by atoms with E-state index in [-0.39, 0.29) is 5.69 Å².